The number of carbonyl (C=O) groups excluding carboxylic acids is 1. The van der Waals surface area contributed by atoms with Gasteiger partial charge < -0.3 is 4.74 Å². The number of hydrogen-bond acceptors (Lipinski definition) is 7. The van der Waals surface area contributed by atoms with E-state index in [0.29, 0.717) is 15.9 Å². The van der Waals surface area contributed by atoms with Gasteiger partial charge in [0.2, 0.25) is 0 Å². The number of aromatic nitrogens is 4. The van der Waals surface area contributed by atoms with Gasteiger partial charge in [-0.2, -0.15) is 4.68 Å². The summed E-state index contributed by atoms with van der Waals surface area (Å²) in [6.07, 6.45) is 0. The Morgan fingerprint density at radius 1 is 1.08 bits per heavy atom. The Labute approximate surface area is 145 Å². The molecule has 124 valence electrons. The van der Waals surface area contributed by atoms with Crippen LogP contribution < -0.4 is 5.56 Å². The zero-order chi connectivity index (χ0) is 17.2. The smallest absolute Gasteiger partial charge is 0.328 e. The molecule has 4 rings (SSSR count). The SMILES string of the molecule is O=C(Cn1nnc2ccccc2c1=O)OCc1nc2ccccc2s1. The van der Waals surface area contributed by atoms with E-state index < -0.39 is 5.97 Å². The number of hydrogen-bond donors (Lipinski definition) is 0. The zero-order valence-corrected chi connectivity index (χ0v) is 13.8. The molecule has 0 radical (unpaired) electrons. The quantitative estimate of drug-likeness (QED) is 0.523. The van der Waals surface area contributed by atoms with Crippen LogP contribution in [0.4, 0.5) is 0 Å². The van der Waals surface area contributed by atoms with Gasteiger partial charge in [0.15, 0.2) is 0 Å². The standard InChI is InChI=1S/C17H12N4O3S/c22-16(24-10-15-18-13-7-3-4-8-14(13)25-15)9-21-17(23)11-5-1-2-6-12(11)19-20-21/h1-8H,9-10H2. The van der Waals surface area contributed by atoms with E-state index in [4.69, 9.17) is 4.74 Å². The van der Waals surface area contributed by atoms with Crippen LogP contribution in [-0.4, -0.2) is 25.9 Å². The molecule has 2 aromatic carbocycles. The van der Waals surface area contributed by atoms with Crippen molar-refractivity contribution in [2.24, 2.45) is 0 Å². The molecule has 2 aromatic heterocycles. The molecule has 0 spiro atoms. The summed E-state index contributed by atoms with van der Waals surface area (Å²) in [5.41, 5.74) is 0.990. The number of thiazole rings is 1. The van der Waals surface area contributed by atoms with Crippen LogP contribution in [0.1, 0.15) is 5.01 Å². The maximum atomic E-state index is 12.3. The summed E-state index contributed by atoms with van der Waals surface area (Å²) in [6, 6.07) is 14.6. The maximum Gasteiger partial charge on any atom is 0.328 e. The zero-order valence-electron chi connectivity index (χ0n) is 13.0. The summed E-state index contributed by atoms with van der Waals surface area (Å²) in [4.78, 5) is 28.7. The van der Waals surface area contributed by atoms with Crippen LogP contribution in [0.15, 0.2) is 53.3 Å². The second kappa shape index (κ2) is 6.40. The molecule has 4 aromatic rings. The van der Waals surface area contributed by atoms with Crippen LogP contribution in [0, 0.1) is 0 Å². The summed E-state index contributed by atoms with van der Waals surface area (Å²) in [5.74, 6) is -0.564. The minimum atomic E-state index is -0.564. The van der Waals surface area contributed by atoms with Crippen LogP contribution >= 0.6 is 11.3 Å². The minimum Gasteiger partial charge on any atom is -0.457 e. The molecule has 0 N–H and O–H groups in total. The van der Waals surface area contributed by atoms with Crippen molar-refractivity contribution >= 4 is 38.4 Å². The molecule has 25 heavy (non-hydrogen) atoms. The highest BCUT2D eigenvalue weighted by Crippen LogP contribution is 2.21. The molecule has 2 heterocycles. The van der Waals surface area contributed by atoms with Crippen molar-refractivity contribution in [2.45, 2.75) is 13.2 Å². The Hall–Kier alpha value is -3.13. The lowest BCUT2D eigenvalue weighted by molar-refractivity contribution is -0.146. The van der Waals surface area contributed by atoms with Crippen molar-refractivity contribution in [3.63, 3.8) is 0 Å². The van der Waals surface area contributed by atoms with E-state index in [0.717, 1.165) is 14.9 Å². The van der Waals surface area contributed by atoms with E-state index in [-0.39, 0.29) is 18.7 Å². The Balaban J connectivity index is 1.47. The molecule has 0 aliphatic heterocycles. The molecule has 0 aliphatic carbocycles. The molecule has 8 heteroatoms. The molecule has 0 aliphatic rings. The van der Waals surface area contributed by atoms with Gasteiger partial charge in [-0.15, -0.1) is 16.4 Å². The molecule has 0 fully saturated rings. The predicted octanol–water partition coefficient (Wildman–Crippen LogP) is 2.14. The highest BCUT2D eigenvalue weighted by molar-refractivity contribution is 7.18. The number of benzene rings is 2. The van der Waals surface area contributed by atoms with Crippen LogP contribution in [0.3, 0.4) is 0 Å². The third kappa shape index (κ3) is 3.11. The van der Waals surface area contributed by atoms with E-state index in [1.165, 1.54) is 11.3 Å². The average molecular weight is 352 g/mol. The molecule has 0 amide bonds. The number of ether oxygens (including phenoxy) is 1. The summed E-state index contributed by atoms with van der Waals surface area (Å²) in [5, 5.41) is 8.83. The molecule has 0 atom stereocenters. The van der Waals surface area contributed by atoms with Gasteiger partial charge in [0, 0.05) is 0 Å². The Morgan fingerprint density at radius 2 is 1.84 bits per heavy atom. The molecular weight excluding hydrogens is 340 g/mol. The van der Waals surface area contributed by atoms with Crippen molar-refractivity contribution < 1.29 is 9.53 Å². The van der Waals surface area contributed by atoms with E-state index in [2.05, 4.69) is 15.3 Å². The molecule has 0 saturated heterocycles. The highest BCUT2D eigenvalue weighted by Gasteiger charge is 2.12. The number of esters is 1. The number of para-hydroxylation sites is 1. The van der Waals surface area contributed by atoms with Gasteiger partial charge in [-0.3, -0.25) is 9.59 Å². The Bertz CT molecular complexity index is 1100. The summed E-state index contributed by atoms with van der Waals surface area (Å²) in [7, 11) is 0. The van der Waals surface area contributed by atoms with Crippen molar-refractivity contribution in [1.29, 1.82) is 0 Å². The van der Waals surface area contributed by atoms with Crippen molar-refractivity contribution in [3.8, 4) is 0 Å². The first kappa shape index (κ1) is 15.4. The molecular formula is C17H12N4O3S. The Morgan fingerprint density at radius 3 is 2.68 bits per heavy atom. The van der Waals surface area contributed by atoms with Gasteiger partial charge in [0.05, 0.1) is 15.6 Å². The van der Waals surface area contributed by atoms with E-state index in [1.807, 2.05) is 24.3 Å². The van der Waals surface area contributed by atoms with Gasteiger partial charge in [0.25, 0.3) is 5.56 Å². The van der Waals surface area contributed by atoms with Gasteiger partial charge >= 0.3 is 5.97 Å². The third-order valence-corrected chi connectivity index (χ3v) is 4.61. The van der Waals surface area contributed by atoms with Gasteiger partial charge in [-0.1, -0.05) is 29.5 Å². The lowest BCUT2D eigenvalue weighted by Gasteiger charge is -2.05. The average Bonchev–Trinajstić information content (AvgIpc) is 3.06. The first-order valence-corrected chi connectivity index (χ1v) is 8.35. The fourth-order valence-corrected chi connectivity index (χ4v) is 3.30. The van der Waals surface area contributed by atoms with Crippen molar-refractivity contribution in [2.75, 3.05) is 0 Å². The molecule has 0 unspecified atom stereocenters. The predicted molar refractivity (Wildman–Crippen MR) is 93.2 cm³/mol. The maximum absolute atomic E-state index is 12.3. The van der Waals surface area contributed by atoms with E-state index in [9.17, 15) is 9.59 Å². The molecule has 0 saturated carbocycles. The van der Waals surface area contributed by atoms with E-state index in [1.54, 1.807) is 24.3 Å². The minimum absolute atomic E-state index is 0.0634. The largest absolute Gasteiger partial charge is 0.457 e. The monoisotopic (exact) mass is 352 g/mol. The van der Waals surface area contributed by atoms with Crippen LogP contribution in [0.5, 0.6) is 0 Å². The number of rotatable bonds is 4. The van der Waals surface area contributed by atoms with E-state index >= 15 is 0 Å². The number of fused-ring (bicyclic) bond motifs is 2. The first-order chi connectivity index (χ1) is 12.2. The number of nitrogens with zero attached hydrogens (tertiary/aromatic N) is 4. The van der Waals surface area contributed by atoms with Crippen LogP contribution in [-0.2, 0) is 22.7 Å². The summed E-state index contributed by atoms with van der Waals surface area (Å²) in [6.45, 7) is -0.227. The van der Waals surface area contributed by atoms with Crippen molar-refractivity contribution in [3.05, 3.63) is 63.9 Å². The third-order valence-electron chi connectivity index (χ3n) is 3.60. The van der Waals surface area contributed by atoms with Crippen LogP contribution in [0.2, 0.25) is 0 Å². The second-order valence-corrected chi connectivity index (χ2v) is 6.42. The number of carbonyl (C=O) groups is 1. The lowest BCUT2D eigenvalue weighted by atomic mass is 10.2. The topological polar surface area (TPSA) is 87.0 Å². The summed E-state index contributed by atoms with van der Waals surface area (Å²) >= 11 is 1.47. The fourth-order valence-electron chi connectivity index (χ4n) is 2.42. The lowest BCUT2D eigenvalue weighted by Crippen LogP contribution is -2.28. The van der Waals surface area contributed by atoms with Crippen LogP contribution in [0.25, 0.3) is 21.1 Å². The fraction of sp³-hybridized carbons (Fsp3) is 0.118. The summed E-state index contributed by atoms with van der Waals surface area (Å²) < 4.78 is 7.25. The van der Waals surface area contributed by atoms with Gasteiger partial charge in [-0.05, 0) is 24.3 Å². The molecule has 0 bridgehead atoms. The van der Waals surface area contributed by atoms with Gasteiger partial charge in [0.1, 0.15) is 23.7 Å². The molecule has 7 nitrogen and oxygen atoms in total. The first-order valence-electron chi connectivity index (χ1n) is 7.53. The van der Waals surface area contributed by atoms with Gasteiger partial charge in [-0.25, -0.2) is 4.98 Å². The van der Waals surface area contributed by atoms with Crippen molar-refractivity contribution in [1.82, 2.24) is 20.0 Å². The second-order valence-electron chi connectivity index (χ2n) is 5.31. The highest BCUT2D eigenvalue weighted by atomic mass is 32.1. The Kier molecular flexibility index (Phi) is 3.95. The normalized spacial score (nSPS) is 11.0.